The van der Waals surface area contributed by atoms with Crippen LogP contribution in [0.5, 0.6) is 5.75 Å². The van der Waals surface area contributed by atoms with Crippen LogP contribution in [0.25, 0.3) is 6.08 Å². The first kappa shape index (κ1) is 18.5. The number of rotatable bonds is 8. The monoisotopic (exact) mass is 339 g/mol. The Kier molecular flexibility index (Phi) is 7.01. The second-order valence-electron chi connectivity index (χ2n) is 5.65. The zero-order chi connectivity index (χ0) is 18.1. The van der Waals surface area contributed by atoms with Crippen LogP contribution in [-0.2, 0) is 11.2 Å². The van der Waals surface area contributed by atoms with Crippen molar-refractivity contribution in [1.82, 2.24) is 10.3 Å². The summed E-state index contributed by atoms with van der Waals surface area (Å²) in [5.74, 6) is 0.104. The number of nitrogens with one attached hydrogen (secondary N) is 1. The summed E-state index contributed by atoms with van der Waals surface area (Å²) in [7, 11) is 0. The maximum absolute atomic E-state index is 11.8. The van der Waals surface area contributed by atoms with Gasteiger partial charge in [-0.1, -0.05) is 12.1 Å². The quantitative estimate of drug-likeness (QED) is 0.726. The third-order valence-electron chi connectivity index (χ3n) is 4.00. The van der Waals surface area contributed by atoms with E-state index in [9.17, 15) is 9.90 Å². The molecule has 5 heteroatoms. The molecule has 0 fully saturated rings. The number of phenolic OH excluding ortho intramolecular Hbond substituents is 1. The molecular formula is C20H25N3O2. The molecule has 5 nitrogen and oxygen atoms in total. The summed E-state index contributed by atoms with van der Waals surface area (Å²) in [6.07, 6.45) is 7.17. The molecule has 0 atom stereocenters. The Bertz CT molecular complexity index is 710. The van der Waals surface area contributed by atoms with Crippen molar-refractivity contribution in [3.8, 4) is 5.75 Å². The smallest absolute Gasteiger partial charge is 0.244 e. The number of aromatic hydroxyl groups is 1. The molecule has 1 heterocycles. The van der Waals surface area contributed by atoms with Crippen molar-refractivity contribution in [3.63, 3.8) is 0 Å². The molecule has 1 aromatic carbocycles. The van der Waals surface area contributed by atoms with E-state index in [2.05, 4.69) is 29.0 Å². The summed E-state index contributed by atoms with van der Waals surface area (Å²) in [5.41, 5.74) is 2.71. The van der Waals surface area contributed by atoms with Gasteiger partial charge in [0.15, 0.2) is 0 Å². The average Bonchev–Trinajstić information content (AvgIpc) is 2.63. The lowest BCUT2D eigenvalue weighted by atomic mass is 10.1. The molecule has 0 spiro atoms. The zero-order valence-corrected chi connectivity index (χ0v) is 14.8. The fraction of sp³-hybridized carbons (Fsp3) is 0.300. The molecule has 132 valence electrons. The summed E-state index contributed by atoms with van der Waals surface area (Å²) >= 11 is 0. The molecule has 25 heavy (non-hydrogen) atoms. The summed E-state index contributed by atoms with van der Waals surface area (Å²) in [4.78, 5) is 18.0. The van der Waals surface area contributed by atoms with Gasteiger partial charge in [0.25, 0.3) is 0 Å². The van der Waals surface area contributed by atoms with E-state index in [1.807, 2.05) is 24.3 Å². The number of hydrogen-bond acceptors (Lipinski definition) is 4. The second kappa shape index (κ2) is 9.47. The van der Waals surface area contributed by atoms with E-state index in [-0.39, 0.29) is 11.7 Å². The predicted molar refractivity (Wildman–Crippen MR) is 102 cm³/mol. The topological polar surface area (TPSA) is 65.5 Å². The van der Waals surface area contributed by atoms with E-state index < -0.39 is 0 Å². The van der Waals surface area contributed by atoms with Gasteiger partial charge in [-0.05, 0) is 49.6 Å². The Morgan fingerprint density at radius 2 is 2.08 bits per heavy atom. The predicted octanol–water partition coefficient (Wildman–Crippen LogP) is 3.01. The molecule has 0 aliphatic heterocycles. The number of anilines is 1. The van der Waals surface area contributed by atoms with Crippen LogP contribution >= 0.6 is 0 Å². The zero-order valence-electron chi connectivity index (χ0n) is 14.8. The molecule has 0 radical (unpaired) electrons. The minimum atomic E-state index is -0.164. The van der Waals surface area contributed by atoms with Gasteiger partial charge in [-0.15, -0.1) is 0 Å². The Hall–Kier alpha value is -2.82. The first-order valence-electron chi connectivity index (χ1n) is 8.56. The Morgan fingerprint density at radius 3 is 2.72 bits per heavy atom. The highest BCUT2D eigenvalue weighted by Crippen LogP contribution is 2.24. The van der Waals surface area contributed by atoms with E-state index >= 15 is 0 Å². The van der Waals surface area contributed by atoms with Gasteiger partial charge in [-0.2, -0.15) is 0 Å². The van der Waals surface area contributed by atoms with Gasteiger partial charge in [0.05, 0.1) is 0 Å². The van der Waals surface area contributed by atoms with Gasteiger partial charge in [0.1, 0.15) is 5.75 Å². The van der Waals surface area contributed by atoms with Crippen molar-refractivity contribution in [3.05, 3.63) is 59.9 Å². The van der Waals surface area contributed by atoms with Crippen LogP contribution in [0.15, 0.2) is 48.8 Å². The minimum Gasteiger partial charge on any atom is -0.508 e. The van der Waals surface area contributed by atoms with Crippen molar-refractivity contribution < 1.29 is 9.90 Å². The van der Waals surface area contributed by atoms with Gasteiger partial charge in [-0.25, -0.2) is 0 Å². The Morgan fingerprint density at radius 1 is 1.28 bits per heavy atom. The molecule has 0 aliphatic carbocycles. The van der Waals surface area contributed by atoms with Gasteiger partial charge >= 0.3 is 0 Å². The highest BCUT2D eigenvalue weighted by Gasteiger charge is 2.07. The van der Waals surface area contributed by atoms with Gasteiger partial charge in [0, 0.05) is 49.9 Å². The molecule has 1 amide bonds. The molecule has 0 aliphatic rings. The van der Waals surface area contributed by atoms with E-state index in [1.165, 1.54) is 6.08 Å². The van der Waals surface area contributed by atoms with E-state index in [1.54, 1.807) is 24.5 Å². The highest BCUT2D eigenvalue weighted by atomic mass is 16.3. The fourth-order valence-electron chi connectivity index (χ4n) is 2.57. The number of hydrogen-bond donors (Lipinski definition) is 2. The Balaban J connectivity index is 1.85. The van der Waals surface area contributed by atoms with Gasteiger partial charge in [0.2, 0.25) is 5.91 Å². The number of benzene rings is 1. The molecule has 0 saturated carbocycles. The second-order valence-corrected chi connectivity index (χ2v) is 5.65. The molecule has 0 saturated heterocycles. The van der Waals surface area contributed by atoms with Crippen LogP contribution < -0.4 is 10.2 Å². The van der Waals surface area contributed by atoms with Gasteiger partial charge < -0.3 is 15.3 Å². The molecule has 2 N–H and O–H groups in total. The van der Waals surface area contributed by atoms with Crippen LogP contribution in [0.1, 0.15) is 25.0 Å². The number of pyridine rings is 1. The SMILES string of the molecule is CCN(CC)c1ccc(CCNC(=O)C=Cc2cccnc2)c(O)c1. The third kappa shape index (κ3) is 5.64. The van der Waals surface area contributed by atoms with Crippen molar-refractivity contribution in [1.29, 1.82) is 0 Å². The summed E-state index contributed by atoms with van der Waals surface area (Å²) in [5, 5.41) is 13.0. The minimum absolute atomic E-state index is 0.164. The molecule has 2 rings (SSSR count). The first-order valence-corrected chi connectivity index (χ1v) is 8.56. The largest absolute Gasteiger partial charge is 0.508 e. The normalized spacial score (nSPS) is 10.8. The van der Waals surface area contributed by atoms with Crippen molar-refractivity contribution in [2.24, 2.45) is 0 Å². The fourth-order valence-corrected chi connectivity index (χ4v) is 2.57. The number of nitrogens with zero attached hydrogens (tertiary/aromatic N) is 2. The number of amides is 1. The maximum atomic E-state index is 11.8. The van der Waals surface area contributed by atoms with Crippen LogP contribution in [0.2, 0.25) is 0 Å². The lowest BCUT2D eigenvalue weighted by Crippen LogP contribution is -2.24. The van der Waals surface area contributed by atoms with Crippen molar-refractivity contribution in [2.45, 2.75) is 20.3 Å². The molecule has 1 aromatic heterocycles. The Labute approximate surface area is 149 Å². The van der Waals surface area contributed by atoms with Crippen LogP contribution in [0, 0.1) is 0 Å². The lowest BCUT2D eigenvalue weighted by molar-refractivity contribution is -0.116. The summed E-state index contributed by atoms with van der Waals surface area (Å²) in [6, 6.07) is 9.41. The van der Waals surface area contributed by atoms with Crippen LogP contribution in [-0.4, -0.2) is 35.6 Å². The van der Waals surface area contributed by atoms with E-state index in [0.717, 1.165) is 29.9 Å². The lowest BCUT2D eigenvalue weighted by Gasteiger charge is -2.21. The van der Waals surface area contributed by atoms with Crippen molar-refractivity contribution >= 4 is 17.7 Å². The summed E-state index contributed by atoms with van der Waals surface area (Å²) < 4.78 is 0. The maximum Gasteiger partial charge on any atom is 0.244 e. The first-order chi connectivity index (χ1) is 12.1. The van der Waals surface area contributed by atoms with Gasteiger partial charge in [-0.3, -0.25) is 9.78 Å². The number of aromatic nitrogens is 1. The average molecular weight is 339 g/mol. The van der Waals surface area contributed by atoms with Crippen LogP contribution in [0.3, 0.4) is 0 Å². The number of carbonyl (C=O) groups excluding carboxylic acids is 1. The summed E-state index contributed by atoms with van der Waals surface area (Å²) in [6.45, 7) is 6.43. The van der Waals surface area contributed by atoms with E-state index in [4.69, 9.17) is 0 Å². The molecule has 0 unspecified atom stereocenters. The highest BCUT2D eigenvalue weighted by molar-refractivity contribution is 5.91. The molecule has 0 bridgehead atoms. The number of phenols is 1. The molecule has 2 aromatic rings. The third-order valence-corrected chi connectivity index (χ3v) is 4.00. The molecular weight excluding hydrogens is 314 g/mol. The van der Waals surface area contributed by atoms with Crippen LogP contribution in [0.4, 0.5) is 5.69 Å². The van der Waals surface area contributed by atoms with Crippen molar-refractivity contribution in [2.75, 3.05) is 24.5 Å². The van der Waals surface area contributed by atoms with E-state index in [0.29, 0.717) is 13.0 Å². The number of carbonyl (C=O) groups is 1. The standard InChI is InChI=1S/C20H25N3O2/c1-3-23(4-2)18-9-8-17(19(24)14-18)11-13-22-20(25)10-7-16-6-5-12-21-15-16/h5-10,12,14-15,24H,3-4,11,13H2,1-2H3,(H,22,25).